The monoisotopic (exact) mass is 314 g/mol. The minimum Gasteiger partial charge on any atom is -0.477 e. The molecule has 2 rings (SSSR count). The lowest BCUT2D eigenvalue weighted by Crippen LogP contribution is -2.09. The van der Waals surface area contributed by atoms with E-state index in [9.17, 15) is 4.79 Å². The molecule has 0 aliphatic carbocycles. The van der Waals surface area contributed by atoms with E-state index in [1.165, 1.54) is 18.2 Å². The fraction of sp³-hybridized carbons (Fsp3) is 0.353. The van der Waals surface area contributed by atoms with Gasteiger partial charge < -0.3 is 15.0 Å². The molecule has 0 saturated heterocycles. The fourth-order valence-corrected chi connectivity index (χ4v) is 2.09. The van der Waals surface area contributed by atoms with Crippen LogP contribution in [-0.2, 0) is 11.2 Å². The zero-order valence-corrected chi connectivity index (χ0v) is 13.7. The molecule has 1 aromatic heterocycles. The summed E-state index contributed by atoms with van der Waals surface area (Å²) in [6.45, 7) is 2.00. The Balaban J connectivity index is 1.77. The van der Waals surface area contributed by atoms with E-state index in [1.807, 2.05) is 14.1 Å². The van der Waals surface area contributed by atoms with Crippen LogP contribution in [0, 0.1) is 0 Å². The van der Waals surface area contributed by atoms with Crippen LogP contribution >= 0.6 is 0 Å². The summed E-state index contributed by atoms with van der Waals surface area (Å²) in [4.78, 5) is 13.0. The first-order valence-electron chi connectivity index (χ1n) is 7.55. The van der Waals surface area contributed by atoms with Crippen molar-refractivity contribution in [2.75, 3.05) is 30.9 Å². The van der Waals surface area contributed by atoms with Crippen LogP contribution in [0.15, 0.2) is 36.4 Å². The Morgan fingerprint density at radius 3 is 2.70 bits per heavy atom. The largest absolute Gasteiger partial charge is 0.477 e. The Kier molecular flexibility index (Phi) is 5.91. The minimum atomic E-state index is -0.173. The number of rotatable bonds is 7. The van der Waals surface area contributed by atoms with E-state index in [0.717, 1.165) is 12.8 Å². The molecule has 1 heterocycles. The highest BCUT2D eigenvalue weighted by atomic mass is 16.5. The predicted octanol–water partition coefficient (Wildman–Crippen LogP) is 2.51. The highest BCUT2D eigenvalue weighted by molar-refractivity contribution is 5.87. The summed E-state index contributed by atoms with van der Waals surface area (Å²) in [5.41, 5.74) is 2.48. The Bertz CT molecular complexity index is 641. The minimum absolute atomic E-state index is 0.173. The molecule has 0 aliphatic rings. The summed E-state index contributed by atoms with van der Waals surface area (Å²) in [6.07, 6.45) is 1.84. The second-order valence-corrected chi connectivity index (χ2v) is 5.45. The van der Waals surface area contributed by atoms with Gasteiger partial charge in [0, 0.05) is 32.8 Å². The highest BCUT2D eigenvalue weighted by Crippen LogP contribution is 2.15. The van der Waals surface area contributed by atoms with Gasteiger partial charge in [0.15, 0.2) is 5.82 Å². The van der Waals surface area contributed by atoms with Gasteiger partial charge in [-0.05, 0) is 36.6 Å². The maximum atomic E-state index is 10.9. The number of aromatic nitrogens is 2. The molecule has 0 saturated carbocycles. The summed E-state index contributed by atoms with van der Waals surface area (Å²) in [5.74, 6) is 0.708. The third-order valence-corrected chi connectivity index (χ3v) is 3.23. The second-order valence-electron chi connectivity index (χ2n) is 5.45. The van der Waals surface area contributed by atoms with Crippen molar-refractivity contribution < 1.29 is 9.53 Å². The van der Waals surface area contributed by atoms with Crippen LogP contribution in [-0.4, -0.2) is 36.8 Å². The molecule has 1 N–H and O–H groups in total. The lowest BCUT2D eigenvalue weighted by Gasteiger charge is -2.13. The predicted molar refractivity (Wildman–Crippen MR) is 90.9 cm³/mol. The average Bonchev–Trinajstić information content (AvgIpc) is 2.53. The standard InChI is InChI=1S/C17H22N4O2/c1-13(22)18-16-9-10-17(20-19-16)23-11-5-7-14-6-4-8-15(12-14)21(2)3/h4,6,8-10,12H,5,7,11H2,1-3H3,(H,18,19,22). The zero-order chi connectivity index (χ0) is 16.7. The van der Waals surface area contributed by atoms with Crippen LogP contribution in [0.3, 0.4) is 0 Å². The molecule has 23 heavy (non-hydrogen) atoms. The van der Waals surface area contributed by atoms with Crippen molar-refractivity contribution in [2.45, 2.75) is 19.8 Å². The van der Waals surface area contributed by atoms with Gasteiger partial charge in [-0.1, -0.05) is 12.1 Å². The maximum Gasteiger partial charge on any atom is 0.233 e. The number of aryl methyl sites for hydroxylation is 1. The summed E-state index contributed by atoms with van der Waals surface area (Å²) in [6, 6.07) is 11.8. The van der Waals surface area contributed by atoms with Crippen LogP contribution in [0.5, 0.6) is 5.88 Å². The van der Waals surface area contributed by atoms with E-state index in [4.69, 9.17) is 4.74 Å². The normalized spacial score (nSPS) is 10.2. The first-order valence-corrected chi connectivity index (χ1v) is 7.55. The Hall–Kier alpha value is -2.63. The zero-order valence-electron chi connectivity index (χ0n) is 13.7. The first-order chi connectivity index (χ1) is 11.0. The van der Waals surface area contributed by atoms with Crippen molar-refractivity contribution in [3.05, 3.63) is 42.0 Å². The van der Waals surface area contributed by atoms with Gasteiger partial charge in [0.1, 0.15) is 0 Å². The van der Waals surface area contributed by atoms with E-state index < -0.39 is 0 Å². The molecule has 0 atom stereocenters. The van der Waals surface area contributed by atoms with Gasteiger partial charge in [0.05, 0.1) is 6.61 Å². The molecular weight excluding hydrogens is 292 g/mol. The van der Waals surface area contributed by atoms with Gasteiger partial charge in [0.2, 0.25) is 11.8 Å². The van der Waals surface area contributed by atoms with Gasteiger partial charge in [0.25, 0.3) is 0 Å². The van der Waals surface area contributed by atoms with Gasteiger partial charge >= 0.3 is 0 Å². The van der Waals surface area contributed by atoms with Crippen LogP contribution in [0.1, 0.15) is 18.9 Å². The molecule has 6 heteroatoms. The molecule has 0 radical (unpaired) electrons. The van der Waals surface area contributed by atoms with Crippen LogP contribution in [0.25, 0.3) is 0 Å². The summed E-state index contributed by atoms with van der Waals surface area (Å²) < 4.78 is 5.57. The third kappa shape index (κ3) is 5.58. The number of hydrogen-bond donors (Lipinski definition) is 1. The number of amides is 1. The molecule has 0 bridgehead atoms. The number of anilines is 2. The number of ether oxygens (including phenoxy) is 1. The van der Waals surface area contributed by atoms with Crippen LogP contribution in [0.4, 0.5) is 11.5 Å². The van der Waals surface area contributed by atoms with E-state index in [2.05, 4.69) is 44.7 Å². The lowest BCUT2D eigenvalue weighted by atomic mass is 10.1. The van der Waals surface area contributed by atoms with E-state index in [1.54, 1.807) is 12.1 Å². The lowest BCUT2D eigenvalue weighted by molar-refractivity contribution is -0.114. The maximum absolute atomic E-state index is 10.9. The molecule has 0 unspecified atom stereocenters. The smallest absolute Gasteiger partial charge is 0.233 e. The fourth-order valence-electron chi connectivity index (χ4n) is 2.09. The Morgan fingerprint density at radius 2 is 2.04 bits per heavy atom. The van der Waals surface area contributed by atoms with Crippen LogP contribution in [0.2, 0.25) is 0 Å². The van der Waals surface area contributed by atoms with Gasteiger partial charge in [-0.25, -0.2) is 0 Å². The van der Waals surface area contributed by atoms with Crippen molar-refractivity contribution in [1.82, 2.24) is 10.2 Å². The summed E-state index contributed by atoms with van der Waals surface area (Å²) in [5, 5.41) is 10.4. The number of carbonyl (C=O) groups is 1. The Labute approximate surface area is 136 Å². The second kappa shape index (κ2) is 8.12. The van der Waals surface area contributed by atoms with E-state index >= 15 is 0 Å². The molecule has 1 amide bonds. The molecule has 6 nitrogen and oxygen atoms in total. The van der Waals surface area contributed by atoms with Gasteiger partial charge in [-0.2, -0.15) is 0 Å². The SMILES string of the molecule is CC(=O)Nc1ccc(OCCCc2cccc(N(C)C)c2)nn1. The van der Waals surface area contributed by atoms with Crippen LogP contribution < -0.4 is 15.0 Å². The highest BCUT2D eigenvalue weighted by Gasteiger charge is 2.01. The molecule has 0 spiro atoms. The molecule has 0 aliphatic heterocycles. The number of nitrogens with one attached hydrogen (secondary N) is 1. The molecular formula is C17H22N4O2. The van der Waals surface area contributed by atoms with Crippen molar-refractivity contribution in [3.8, 4) is 5.88 Å². The third-order valence-electron chi connectivity index (χ3n) is 3.23. The summed E-state index contributed by atoms with van der Waals surface area (Å²) in [7, 11) is 4.07. The topological polar surface area (TPSA) is 67.3 Å². The van der Waals surface area contributed by atoms with Crippen molar-refractivity contribution in [1.29, 1.82) is 0 Å². The first kappa shape index (κ1) is 16.7. The quantitative estimate of drug-likeness (QED) is 0.795. The van der Waals surface area contributed by atoms with Gasteiger partial charge in [-0.15, -0.1) is 10.2 Å². The number of hydrogen-bond acceptors (Lipinski definition) is 5. The van der Waals surface area contributed by atoms with Crippen molar-refractivity contribution in [3.63, 3.8) is 0 Å². The van der Waals surface area contributed by atoms with E-state index in [-0.39, 0.29) is 5.91 Å². The van der Waals surface area contributed by atoms with E-state index in [0.29, 0.717) is 18.3 Å². The molecule has 2 aromatic rings. The summed E-state index contributed by atoms with van der Waals surface area (Å²) >= 11 is 0. The Morgan fingerprint density at radius 1 is 1.22 bits per heavy atom. The van der Waals surface area contributed by atoms with Crippen molar-refractivity contribution in [2.24, 2.45) is 0 Å². The average molecular weight is 314 g/mol. The van der Waals surface area contributed by atoms with Gasteiger partial charge in [-0.3, -0.25) is 4.79 Å². The molecule has 0 fully saturated rings. The number of carbonyl (C=O) groups excluding carboxylic acids is 1. The number of benzene rings is 1. The number of nitrogens with zero attached hydrogens (tertiary/aromatic N) is 3. The molecule has 1 aromatic carbocycles. The molecule has 122 valence electrons. The van der Waals surface area contributed by atoms with Crippen molar-refractivity contribution >= 4 is 17.4 Å².